The van der Waals surface area contributed by atoms with Crippen molar-refractivity contribution < 1.29 is 9.59 Å². The minimum absolute atomic E-state index is 0.105. The molecule has 2 aromatic rings. The summed E-state index contributed by atoms with van der Waals surface area (Å²) in [6.07, 6.45) is 7.46. The van der Waals surface area contributed by atoms with Gasteiger partial charge in [-0.25, -0.2) is 4.98 Å². The lowest BCUT2D eigenvalue weighted by Gasteiger charge is -2.16. The van der Waals surface area contributed by atoms with Crippen molar-refractivity contribution in [1.82, 2.24) is 9.97 Å². The summed E-state index contributed by atoms with van der Waals surface area (Å²) in [4.78, 5) is 45.6. The number of thioether (sulfide) groups is 1. The number of nitrogens with one attached hydrogen (secondary N) is 2. The third kappa shape index (κ3) is 4.11. The first kappa shape index (κ1) is 20.2. The van der Waals surface area contributed by atoms with E-state index in [-0.39, 0.29) is 11.5 Å². The van der Waals surface area contributed by atoms with Crippen LogP contribution in [0.3, 0.4) is 0 Å². The van der Waals surface area contributed by atoms with Crippen LogP contribution in [0.25, 0.3) is 0 Å². The van der Waals surface area contributed by atoms with Crippen LogP contribution in [0.5, 0.6) is 0 Å². The summed E-state index contributed by atoms with van der Waals surface area (Å²) in [6.45, 7) is 1.76. The number of nitrogens with two attached hydrogens (primary N) is 1. The maximum absolute atomic E-state index is 12.8. The van der Waals surface area contributed by atoms with E-state index in [9.17, 15) is 14.4 Å². The fourth-order valence-corrected chi connectivity index (χ4v) is 6.10. The number of hydrogen-bond donors (Lipinski definition) is 3. The summed E-state index contributed by atoms with van der Waals surface area (Å²) < 4.78 is 0. The molecule has 0 saturated heterocycles. The SMILES string of the molecule is CC(Sc1nc2c(c(=O)[nH]1)CCCC2)C(=O)Nc1sc2c(c1C(N)=O)CCCC2. The third-order valence-corrected chi connectivity index (χ3v) is 7.67. The minimum Gasteiger partial charge on any atom is -0.365 e. The highest BCUT2D eigenvalue weighted by Crippen LogP contribution is 2.38. The van der Waals surface area contributed by atoms with Crippen molar-refractivity contribution in [3.63, 3.8) is 0 Å². The molecule has 7 nitrogen and oxygen atoms in total. The number of hydrogen-bond acceptors (Lipinski definition) is 6. The number of primary amides is 1. The number of nitrogens with zero attached hydrogens (tertiary/aromatic N) is 1. The fourth-order valence-electron chi connectivity index (χ4n) is 3.99. The van der Waals surface area contributed by atoms with Crippen LogP contribution in [0.15, 0.2) is 9.95 Å². The van der Waals surface area contributed by atoms with Gasteiger partial charge in [0, 0.05) is 10.4 Å². The Bertz CT molecular complexity index is 1030. The van der Waals surface area contributed by atoms with Crippen LogP contribution in [0.2, 0.25) is 0 Å². The van der Waals surface area contributed by atoms with Crippen molar-refractivity contribution in [2.75, 3.05) is 5.32 Å². The van der Waals surface area contributed by atoms with Crippen molar-refractivity contribution in [1.29, 1.82) is 0 Å². The number of aromatic nitrogens is 2. The van der Waals surface area contributed by atoms with Gasteiger partial charge in [-0.15, -0.1) is 11.3 Å². The van der Waals surface area contributed by atoms with Gasteiger partial charge >= 0.3 is 0 Å². The zero-order chi connectivity index (χ0) is 20.5. The Kier molecular flexibility index (Phi) is 5.78. The van der Waals surface area contributed by atoms with Gasteiger partial charge < -0.3 is 16.0 Å². The molecule has 4 N–H and O–H groups in total. The van der Waals surface area contributed by atoms with Crippen LogP contribution < -0.4 is 16.6 Å². The summed E-state index contributed by atoms with van der Waals surface area (Å²) in [7, 11) is 0. The smallest absolute Gasteiger partial charge is 0.254 e. The van der Waals surface area contributed by atoms with Gasteiger partial charge in [0.1, 0.15) is 5.00 Å². The Morgan fingerprint density at radius 2 is 1.83 bits per heavy atom. The highest BCUT2D eigenvalue weighted by molar-refractivity contribution is 8.00. The molecule has 154 valence electrons. The first-order valence-electron chi connectivity index (χ1n) is 9.98. The normalized spacial score (nSPS) is 16.6. The lowest BCUT2D eigenvalue weighted by atomic mass is 9.95. The maximum Gasteiger partial charge on any atom is 0.254 e. The number of carbonyl (C=O) groups is 2. The molecule has 0 spiro atoms. The van der Waals surface area contributed by atoms with Crippen LogP contribution in [-0.4, -0.2) is 27.0 Å². The molecule has 29 heavy (non-hydrogen) atoms. The standard InChI is InChI=1S/C20H24N4O3S2/c1-10(28-20-22-13-8-4-2-6-11(13)18(27)24-20)17(26)23-19-15(16(21)25)12-7-3-5-9-14(12)29-19/h10H,2-9H2,1H3,(H2,21,25)(H,23,26)(H,22,24,27). The highest BCUT2D eigenvalue weighted by Gasteiger charge is 2.27. The van der Waals surface area contributed by atoms with Gasteiger partial charge in [-0.05, 0) is 63.9 Å². The van der Waals surface area contributed by atoms with E-state index in [0.717, 1.165) is 73.1 Å². The molecular formula is C20H24N4O3S2. The summed E-state index contributed by atoms with van der Waals surface area (Å²) in [6, 6.07) is 0. The number of anilines is 1. The number of amides is 2. The minimum atomic E-state index is -0.499. The Morgan fingerprint density at radius 3 is 2.59 bits per heavy atom. The van der Waals surface area contributed by atoms with Crippen molar-refractivity contribution in [2.24, 2.45) is 5.73 Å². The Balaban J connectivity index is 1.51. The second-order valence-corrected chi connectivity index (χ2v) is 9.97. The molecule has 0 fully saturated rings. The number of aromatic amines is 1. The first-order chi connectivity index (χ1) is 13.9. The second kappa shape index (κ2) is 8.31. The molecule has 0 bridgehead atoms. The van der Waals surface area contributed by atoms with E-state index in [0.29, 0.717) is 15.7 Å². The van der Waals surface area contributed by atoms with E-state index in [4.69, 9.17) is 5.73 Å². The van der Waals surface area contributed by atoms with Gasteiger partial charge in [0.2, 0.25) is 5.91 Å². The highest BCUT2D eigenvalue weighted by atomic mass is 32.2. The van der Waals surface area contributed by atoms with Crippen LogP contribution in [0.4, 0.5) is 5.00 Å². The Labute approximate surface area is 176 Å². The van der Waals surface area contributed by atoms with Crippen molar-refractivity contribution in [3.8, 4) is 0 Å². The summed E-state index contributed by atoms with van der Waals surface area (Å²) >= 11 is 2.66. The topological polar surface area (TPSA) is 118 Å². The average Bonchev–Trinajstić information content (AvgIpc) is 3.06. The molecule has 2 aromatic heterocycles. The molecule has 0 aromatic carbocycles. The molecule has 1 unspecified atom stereocenters. The van der Waals surface area contributed by atoms with E-state index >= 15 is 0 Å². The number of carbonyl (C=O) groups excluding carboxylic acids is 2. The number of H-pyrrole nitrogens is 1. The quantitative estimate of drug-likeness (QED) is 0.496. The van der Waals surface area contributed by atoms with Crippen molar-refractivity contribution >= 4 is 39.9 Å². The summed E-state index contributed by atoms with van der Waals surface area (Å²) in [5, 5.41) is 3.39. The van der Waals surface area contributed by atoms with Gasteiger partial charge in [-0.1, -0.05) is 11.8 Å². The molecule has 9 heteroatoms. The van der Waals surface area contributed by atoms with Gasteiger partial charge in [-0.2, -0.15) is 0 Å². The van der Waals surface area contributed by atoms with E-state index < -0.39 is 11.2 Å². The molecule has 4 rings (SSSR count). The van der Waals surface area contributed by atoms with Gasteiger partial charge in [0.05, 0.1) is 16.5 Å². The van der Waals surface area contributed by atoms with E-state index in [1.54, 1.807) is 6.92 Å². The molecule has 2 aliphatic rings. The van der Waals surface area contributed by atoms with E-state index in [1.165, 1.54) is 23.1 Å². The van der Waals surface area contributed by atoms with E-state index in [1.807, 2.05) is 0 Å². The predicted molar refractivity (Wildman–Crippen MR) is 115 cm³/mol. The molecular weight excluding hydrogens is 408 g/mol. The van der Waals surface area contributed by atoms with Crippen LogP contribution in [0, 0.1) is 0 Å². The van der Waals surface area contributed by atoms with E-state index in [2.05, 4.69) is 15.3 Å². The average molecular weight is 433 g/mol. The molecule has 2 amide bonds. The molecule has 2 heterocycles. The summed E-state index contributed by atoms with van der Waals surface area (Å²) in [5.41, 5.74) is 8.56. The zero-order valence-electron chi connectivity index (χ0n) is 16.3. The number of aryl methyl sites for hydroxylation is 2. The third-order valence-electron chi connectivity index (χ3n) is 5.48. The molecule has 1 atom stereocenters. The molecule has 0 radical (unpaired) electrons. The number of fused-ring (bicyclic) bond motifs is 2. The van der Waals surface area contributed by atoms with Crippen LogP contribution in [0.1, 0.15) is 64.7 Å². The van der Waals surface area contributed by atoms with Crippen molar-refractivity contribution in [2.45, 2.75) is 68.7 Å². The number of thiophene rings is 1. The number of rotatable bonds is 5. The zero-order valence-corrected chi connectivity index (χ0v) is 17.9. The Hall–Kier alpha value is -2.13. The molecule has 0 aliphatic heterocycles. The van der Waals surface area contributed by atoms with Gasteiger partial charge in [0.15, 0.2) is 5.16 Å². The first-order valence-corrected chi connectivity index (χ1v) is 11.7. The second-order valence-electron chi connectivity index (χ2n) is 7.53. The molecule has 0 saturated carbocycles. The van der Waals surface area contributed by atoms with Crippen LogP contribution >= 0.6 is 23.1 Å². The largest absolute Gasteiger partial charge is 0.365 e. The monoisotopic (exact) mass is 432 g/mol. The van der Waals surface area contributed by atoms with Gasteiger partial charge in [0.25, 0.3) is 11.5 Å². The fraction of sp³-hybridized carbons (Fsp3) is 0.500. The molecule has 2 aliphatic carbocycles. The Morgan fingerprint density at radius 1 is 1.14 bits per heavy atom. The van der Waals surface area contributed by atoms with Gasteiger partial charge in [-0.3, -0.25) is 14.4 Å². The lowest BCUT2D eigenvalue weighted by molar-refractivity contribution is -0.115. The maximum atomic E-state index is 12.8. The predicted octanol–water partition coefficient (Wildman–Crippen LogP) is 2.81. The van der Waals surface area contributed by atoms with Crippen molar-refractivity contribution in [3.05, 3.63) is 37.6 Å². The van der Waals surface area contributed by atoms with Crippen LogP contribution in [-0.2, 0) is 30.5 Å². The lowest BCUT2D eigenvalue weighted by Crippen LogP contribution is -2.26. The summed E-state index contributed by atoms with van der Waals surface area (Å²) in [5.74, 6) is -0.739.